The van der Waals surface area contributed by atoms with Crippen LogP contribution in [0.15, 0.2) is 24.4 Å². The quantitative estimate of drug-likeness (QED) is 0.604. The van der Waals surface area contributed by atoms with Gasteiger partial charge in [-0.2, -0.15) is 0 Å². The van der Waals surface area contributed by atoms with Crippen molar-refractivity contribution in [3.05, 3.63) is 30.0 Å². The number of ether oxygens (including phenoxy) is 1. The van der Waals surface area contributed by atoms with Crippen LogP contribution in [0.1, 0.15) is 33.3 Å². The lowest BCUT2D eigenvalue weighted by Gasteiger charge is -2.23. The van der Waals surface area contributed by atoms with Crippen LogP contribution in [0.5, 0.6) is 5.75 Å². The van der Waals surface area contributed by atoms with Gasteiger partial charge in [0.15, 0.2) is 0 Å². The molecule has 1 heterocycles. The lowest BCUT2D eigenvalue weighted by molar-refractivity contribution is 0.173. The zero-order valence-corrected chi connectivity index (χ0v) is 17.3. The van der Waals surface area contributed by atoms with Gasteiger partial charge in [-0.15, -0.1) is 0 Å². The molecule has 2 aromatic rings. The van der Waals surface area contributed by atoms with E-state index in [1.165, 1.54) is 10.9 Å². The number of hydrogen-bond acceptors (Lipinski definition) is 4. The van der Waals surface area contributed by atoms with E-state index in [1.807, 2.05) is 33.8 Å². The zero-order chi connectivity index (χ0) is 18.6. The minimum atomic E-state index is -1.21. The van der Waals surface area contributed by atoms with Gasteiger partial charge in [-0.25, -0.2) is 0 Å². The summed E-state index contributed by atoms with van der Waals surface area (Å²) in [5, 5.41) is 1.23. The second-order valence-electron chi connectivity index (χ2n) is 6.98. The van der Waals surface area contributed by atoms with Crippen molar-refractivity contribution in [1.82, 2.24) is 9.24 Å². The van der Waals surface area contributed by atoms with Crippen molar-refractivity contribution < 1.29 is 13.8 Å². The molecule has 0 N–H and O–H groups in total. The molecule has 140 valence electrons. The van der Waals surface area contributed by atoms with Crippen LogP contribution >= 0.6 is 8.53 Å². The van der Waals surface area contributed by atoms with Crippen molar-refractivity contribution in [2.24, 2.45) is 0 Å². The Labute approximate surface area is 152 Å². The van der Waals surface area contributed by atoms with Crippen LogP contribution in [-0.4, -0.2) is 49.2 Å². The summed E-state index contributed by atoms with van der Waals surface area (Å²) in [4.78, 5) is 2.20. The van der Waals surface area contributed by atoms with Gasteiger partial charge in [0.25, 0.3) is 8.53 Å². The number of aromatic nitrogens is 1. The molecule has 1 aromatic heterocycles. The minimum Gasteiger partial charge on any atom is -0.497 e. The summed E-state index contributed by atoms with van der Waals surface area (Å²) in [5.74, 6) is 0.843. The normalized spacial score (nSPS) is 12.3. The SMILES string of the molecule is COc1ccc2c(CCN(C)C)cn(P(OC(C)C)OC(C)C)c2c1. The Morgan fingerprint density at radius 1 is 1.08 bits per heavy atom. The first-order valence-corrected chi connectivity index (χ1v) is 9.91. The fourth-order valence-corrected chi connectivity index (χ4v) is 4.10. The lowest BCUT2D eigenvalue weighted by atomic mass is 10.1. The summed E-state index contributed by atoms with van der Waals surface area (Å²) in [6.07, 6.45) is 3.36. The van der Waals surface area contributed by atoms with Gasteiger partial charge in [0.2, 0.25) is 0 Å². The van der Waals surface area contributed by atoms with Crippen molar-refractivity contribution in [3.8, 4) is 5.75 Å². The van der Waals surface area contributed by atoms with Crippen LogP contribution < -0.4 is 4.74 Å². The van der Waals surface area contributed by atoms with E-state index in [9.17, 15) is 0 Å². The molecular formula is C19H31N2O3P. The molecule has 0 aliphatic heterocycles. The molecule has 0 radical (unpaired) electrons. The molecule has 0 aliphatic carbocycles. The molecular weight excluding hydrogens is 335 g/mol. The van der Waals surface area contributed by atoms with Crippen molar-refractivity contribution >= 4 is 19.4 Å². The zero-order valence-electron chi connectivity index (χ0n) is 16.4. The molecule has 0 saturated heterocycles. The number of hydrogen-bond donors (Lipinski definition) is 0. The average molecular weight is 366 g/mol. The molecule has 25 heavy (non-hydrogen) atoms. The van der Waals surface area contributed by atoms with E-state index in [0.717, 1.165) is 24.2 Å². The lowest BCUT2D eigenvalue weighted by Crippen LogP contribution is -2.14. The van der Waals surface area contributed by atoms with Crippen LogP contribution in [0, 0.1) is 0 Å². The summed E-state index contributed by atoms with van der Waals surface area (Å²) in [7, 11) is 4.68. The first-order chi connectivity index (χ1) is 11.8. The Bertz CT molecular complexity index is 673. The largest absolute Gasteiger partial charge is 0.497 e. The van der Waals surface area contributed by atoms with Gasteiger partial charge < -0.3 is 18.7 Å². The van der Waals surface area contributed by atoms with Crippen LogP contribution in [0.4, 0.5) is 0 Å². The standard InChI is InChI=1S/C19H31N2O3P/c1-14(2)23-25(24-15(3)4)21-13-16(10-11-20(5)6)18-9-8-17(22-7)12-19(18)21/h8-9,12-15H,10-11H2,1-7H3. The number of fused-ring (bicyclic) bond motifs is 1. The predicted molar refractivity (Wildman–Crippen MR) is 106 cm³/mol. The number of rotatable bonds is 9. The molecule has 0 amide bonds. The monoisotopic (exact) mass is 366 g/mol. The van der Waals surface area contributed by atoms with Crippen molar-refractivity contribution in [2.45, 2.75) is 46.3 Å². The van der Waals surface area contributed by atoms with E-state index >= 15 is 0 Å². The molecule has 0 spiro atoms. The molecule has 1 aromatic carbocycles. The minimum absolute atomic E-state index is 0.0955. The number of methoxy groups -OCH3 is 1. The molecule has 0 unspecified atom stereocenters. The maximum atomic E-state index is 6.12. The topological polar surface area (TPSA) is 35.9 Å². The van der Waals surface area contributed by atoms with Gasteiger partial charge in [0.1, 0.15) is 5.75 Å². The van der Waals surface area contributed by atoms with E-state index in [0.29, 0.717) is 0 Å². The third kappa shape index (κ3) is 5.42. The average Bonchev–Trinajstić information content (AvgIpc) is 2.89. The molecule has 0 fully saturated rings. The Kier molecular flexibility index (Phi) is 7.26. The molecule has 5 nitrogen and oxygen atoms in total. The van der Waals surface area contributed by atoms with E-state index in [-0.39, 0.29) is 12.2 Å². The summed E-state index contributed by atoms with van der Waals surface area (Å²) < 4.78 is 19.8. The fraction of sp³-hybridized carbons (Fsp3) is 0.579. The van der Waals surface area contributed by atoms with Gasteiger partial charge in [0.05, 0.1) is 24.8 Å². The molecule has 0 bridgehead atoms. The smallest absolute Gasteiger partial charge is 0.294 e. The third-order valence-electron chi connectivity index (χ3n) is 3.68. The van der Waals surface area contributed by atoms with Gasteiger partial charge in [-0.05, 0) is 65.9 Å². The van der Waals surface area contributed by atoms with E-state index in [1.54, 1.807) is 7.11 Å². The molecule has 0 saturated carbocycles. The highest BCUT2D eigenvalue weighted by atomic mass is 31.2. The highest BCUT2D eigenvalue weighted by Crippen LogP contribution is 2.46. The van der Waals surface area contributed by atoms with Crippen molar-refractivity contribution in [3.63, 3.8) is 0 Å². The third-order valence-corrected chi connectivity index (χ3v) is 5.57. The number of nitrogens with zero attached hydrogens (tertiary/aromatic N) is 2. The summed E-state index contributed by atoms with van der Waals surface area (Å²) >= 11 is 0. The first kappa shape index (κ1) is 20.2. The van der Waals surface area contributed by atoms with E-state index in [2.05, 4.69) is 41.7 Å². The van der Waals surface area contributed by atoms with Crippen LogP contribution in [-0.2, 0) is 15.5 Å². The summed E-state index contributed by atoms with van der Waals surface area (Å²) in [6.45, 7) is 9.16. The van der Waals surface area contributed by atoms with Crippen LogP contribution in [0.3, 0.4) is 0 Å². The second-order valence-corrected chi connectivity index (χ2v) is 8.31. The van der Waals surface area contributed by atoms with Crippen molar-refractivity contribution in [2.75, 3.05) is 27.7 Å². The molecule has 0 atom stereocenters. The Morgan fingerprint density at radius 3 is 2.24 bits per heavy atom. The number of benzene rings is 1. The predicted octanol–water partition coefficient (Wildman–Crippen LogP) is 4.68. The van der Waals surface area contributed by atoms with Gasteiger partial charge in [-0.1, -0.05) is 0 Å². The summed E-state index contributed by atoms with van der Waals surface area (Å²) in [6, 6.07) is 6.21. The van der Waals surface area contributed by atoms with Crippen LogP contribution in [0.2, 0.25) is 0 Å². The molecule has 6 heteroatoms. The van der Waals surface area contributed by atoms with Gasteiger partial charge in [-0.3, -0.25) is 4.34 Å². The van der Waals surface area contributed by atoms with Crippen LogP contribution in [0.25, 0.3) is 10.9 Å². The highest BCUT2D eigenvalue weighted by Gasteiger charge is 2.22. The van der Waals surface area contributed by atoms with Gasteiger partial charge >= 0.3 is 0 Å². The second kappa shape index (κ2) is 9.00. The maximum Gasteiger partial charge on any atom is 0.294 e. The Hall–Kier alpha value is -1.13. The van der Waals surface area contributed by atoms with E-state index in [4.69, 9.17) is 13.8 Å². The molecule has 2 rings (SSSR count). The number of likely N-dealkylation sites (N-methyl/N-ethyl adjacent to an activating group) is 1. The van der Waals surface area contributed by atoms with Crippen molar-refractivity contribution in [1.29, 1.82) is 0 Å². The molecule has 0 aliphatic rings. The first-order valence-electron chi connectivity index (χ1n) is 8.78. The highest BCUT2D eigenvalue weighted by molar-refractivity contribution is 7.45. The maximum absolute atomic E-state index is 6.12. The Balaban J connectivity index is 2.50. The summed E-state index contributed by atoms with van der Waals surface area (Å²) in [5.41, 5.74) is 2.40. The van der Waals surface area contributed by atoms with E-state index < -0.39 is 8.53 Å². The fourth-order valence-electron chi connectivity index (χ4n) is 2.55. The van der Waals surface area contributed by atoms with Gasteiger partial charge in [0, 0.05) is 24.2 Å². The Morgan fingerprint density at radius 2 is 1.72 bits per heavy atom.